The molecule has 3 rings (SSSR count). The molecule has 0 aliphatic rings. The molecule has 6 heteroatoms. The number of hydrogen-bond donors (Lipinski definition) is 0. The lowest BCUT2D eigenvalue weighted by Crippen LogP contribution is -1.95. The molecule has 2 nitrogen and oxygen atoms in total. The van der Waals surface area contributed by atoms with E-state index in [2.05, 4.69) is 9.97 Å². The second-order valence-corrected chi connectivity index (χ2v) is 5.53. The van der Waals surface area contributed by atoms with Gasteiger partial charge in [0.15, 0.2) is 17.5 Å². The minimum atomic E-state index is -0.967. The van der Waals surface area contributed by atoms with Gasteiger partial charge in [-0.05, 0) is 18.4 Å². The normalized spacial score (nSPS) is 11.0. The summed E-state index contributed by atoms with van der Waals surface area (Å²) in [6.07, 6.45) is 1.94. The quantitative estimate of drug-likeness (QED) is 0.493. The fraction of sp³-hybridized carbons (Fsp3) is 0.0667. The summed E-state index contributed by atoms with van der Waals surface area (Å²) in [6, 6.07) is 9.62. The van der Waals surface area contributed by atoms with Crippen molar-refractivity contribution >= 4 is 34.3 Å². The number of fused-ring (bicyclic) bond motifs is 1. The Kier molecular flexibility index (Phi) is 3.78. The van der Waals surface area contributed by atoms with E-state index < -0.39 is 11.6 Å². The van der Waals surface area contributed by atoms with Crippen LogP contribution in [-0.4, -0.2) is 16.2 Å². The standard InChI is InChI=1S/C15H9ClF2N2S/c1-21-13-5-3-2-4-8(13)15-19-12-7-11(18)10(17)6-9(12)14(16)20-15/h2-7H,1H3. The number of hydrogen-bond acceptors (Lipinski definition) is 3. The van der Waals surface area contributed by atoms with Crippen molar-refractivity contribution in [2.24, 2.45) is 0 Å². The first-order valence-corrected chi connectivity index (χ1v) is 7.66. The molecule has 1 aromatic heterocycles. The van der Waals surface area contributed by atoms with Gasteiger partial charge in [-0.3, -0.25) is 0 Å². The molecule has 0 saturated heterocycles. The van der Waals surface area contributed by atoms with E-state index >= 15 is 0 Å². The molecule has 0 fully saturated rings. The van der Waals surface area contributed by atoms with Crippen LogP contribution >= 0.6 is 23.4 Å². The summed E-state index contributed by atoms with van der Waals surface area (Å²) in [5.74, 6) is -1.53. The molecule has 0 N–H and O–H groups in total. The van der Waals surface area contributed by atoms with Gasteiger partial charge in [0, 0.05) is 21.9 Å². The van der Waals surface area contributed by atoms with Gasteiger partial charge in [-0.15, -0.1) is 11.8 Å². The van der Waals surface area contributed by atoms with Gasteiger partial charge < -0.3 is 0 Å². The van der Waals surface area contributed by atoms with Gasteiger partial charge in [0.25, 0.3) is 0 Å². The van der Waals surface area contributed by atoms with Gasteiger partial charge >= 0.3 is 0 Å². The van der Waals surface area contributed by atoms with Gasteiger partial charge in [-0.25, -0.2) is 18.7 Å². The van der Waals surface area contributed by atoms with Crippen LogP contribution in [0.15, 0.2) is 41.3 Å². The summed E-state index contributed by atoms with van der Waals surface area (Å²) in [4.78, 5) is 9.49. The van der Waals surface area contributed by atoms with E-state index in [-0.39, 0.29) is 10.7 Å². The van der Waals surface area contributed by atoms with Crippen molar-refractivity contribution < 1.29 is 8.78 Å². The fourth-order valence-electron chi connectivity index (χ4n) is 2.04. The van der Waals surface area contributed by atoms with E-state index in [0.717, 1.165) is 22.6 Å². The van der Waals surface area contributed by atoms with Gasteiger partial charge in [-0.1, -0.05) is 29.8 Å². The monoisotopic (exact) mass is 322 g/mol. The molecular formula is C15H9ClF2N2S. The molecule has 0 aliphatic heterocycles. The van der Waals surface area contributed by atoms with Crippen LogP contribution in [0.3, 0.4) is 0 Å². The summed E-state index contributed by atoms with van der Waals surface area (Å²) in [5.41, 5.74) is 1.08. The number of rotatable bonds is 2. The maximum absolute atomic E-state index is 13.4. The van der Waals surface area contributed by atoms with Crippen LogP contribution in [0, 0.1) is 11.6 Å². The topological polar surface area (TPSA) is 25.8 Å². The van der Waals surface area contributed by atoms with Crippen molar-refractivity contribution in [3.8, 4) is 11.4 Å². The number of aromatic nitrogens is 2. The summed E-state index contributed by atoms with van der Waals surface area (Å²) >= 11 is 7.63. The van der Waals surface area contributed by atoms with E-state index in [1.54, 1.807) is 11.8 Å². The molecule has 106 valence electrons. The third-order valence-corrected chi connectivity index (χ3v) is 4.12. The highest BCUT2D eigenvalue weighted by molar-refractivity contribution is 7.98. The first kappa shape index (κ1) is 14.2. The third kappa shape index (κ3) is 2.59. The van der Waals surface area contributed by atoms with Gasteiger partial charge in [-0.2, -0.15) is 0 Å². The lowest BCUT2D eigenvalue weighted by atomic mass is 10.2. The molecule has 3 aromatic rings. The van der Waals surface area contributed by atoms with Crippen LogP contribution in [0.2, 0.25) is 5.15 Å². The maximum atomic E-state index is 13.4. The summed E-state index contributed by atoms with van der Waals surface area (Å²) in [7, 11) is 0. The van der Waals surface area contributed by atoms with E-state index in [1.165, 1.54) is 0 Å². The Balaban J connectivity index is 2.27. The van der Waals surface area contributed by atoms with E-state index in [1.807, 2.05) is 30.5 Å². The molecule has 0 aliphatic carbocycles. The predicted octanol–water partition coefficient (Wildman–Crippen LogP) is 4.95. The number of thioether (sulfide) groups is 1. The van der Waals surface area contributed by atoms with E-state index in [0.29, 0.717) is 11.2 Å². The Morgan fingerprint density at radius 3 is 2.52 bits per heavy atom. The largest absolute Gasteiger partial charge is 0.228 e. The zero-order valence-electron chi connectivity index (χ0n) is 10.9. The van der Waals surface area contributed by atoms with Crippen molar-refractivity contribution in [1.82, 2.24) is 9.97 Å². The van der Waals surface area contributed by atoms with Gasteiger partial charge in [0.05, 0.1) is 5.52 Å². The minimum Gasteiger partial charge on any atom is -0.228 e. The molecule has 1 heterocycles. The average molecular weight is 323 g/mol. The Morgan fingerprint density at radius 2 is 1.76 bits per heavy atom. The molecule has 0 radical (unpaired) electrons. The van der Waals surface area contributed by atoms with Crippen LogP contribution in [0.1, 0.15) is 0 Å². The van der Waals surface area contributed by atoms with Crippen LogP contribution in [-0.2, 0) is 0 Å². The second-order valence-electron chi connectivity index (χ2n) is 4.32. The minimum absolute atomic E-state index is 0.102. The zero-order chi connectivity index (χ0) is 15.0. The molecule has 2 aromatic carbocycles. The number of nitrogens with zero attached hydrogens (tertiary/aromatic N) is 2. The second kappa shape index (κ2) is 5.58. The van der Waals surface area contributed by atoms with Crippen molar-refractivity contribution in [3.63, 3.8) is 0 Å². The molecule has 0 unspecified atom stereocenters. The molecule has 0 bridgehead atoms. The average Bonchev–Trinajstić information content (AvgIpc) is 2.49. The molecule has 0 spiro atoms. The molecule has 0 amide bonds. The first-order valence-electron chi connectivity index (χ1n) is 6.06. The predicted molar refractivity (Wildman–Crippen MR) is 81.7 cm³/mol. The van der Waals surface area contributed by atoms with Crippen molar-refractivity contribution in [1.29, 1.82) is 0 Å². The zero-order valence-corrected chi connectivity index (χ0v) is 12.5. The van der Waals surface area contributed by atoms with E-state index in [9.17, 15) is 8.78 Å². The van der Waals surface area contributed by atoms with Crippen molar-refractivity contribution in [3.05, 3.63) is 53.2 Å². The highest BCUT2D eigenvalue weighted by Gasteiger charge is 2.13. The maximum Gasteiger partial charge on any atom is 0.162 e. The molecule has 21 heavy (non-hydrogen) atoms. The van der Waals surface area contributed by atoms with Gasteiger partial charge in [0.1, 0.15) is 5.15 Å². The van der Waals surface area contributed by atoms with Crippen LogP contribution < -0.4 is 0 Å². The van der Waals surface area contributed by atoms with Crippen molar-refractivity contribution in [2.45, 2.75) is 4.90 Å². The van der Waals surface area contributed by atoms with Crippen LogP contribution in [0.4, 0.5) is 8.78 Å². The highest BCUT2D eigenvalue weighted by atomic mass is 35.5. The SMILES string of the molecule is CSc1ccccc1-c1nc(Cl)c2cc(F)c(F)cc2n1. The summed E-state index contributed by atoms with van der Waals surface area (Å²) in [5, 5.41) is 0.394. The highest BCUT2D eigenvalue weighted by Crippen LogP contribution is 2.31. The van der Waals surface area contributed by atoms with Crippen LogP contribution in [0.25, 0.3) is 22.3 Å². The Bertz CT molecular complexity index is 839. The fourth-order valence-corrected chi connectivity index (χ4v) is 2.86. The molecule has 0 saturated carbocycles. The Labute approximate surface area is 129 Å². The van der Waals surface area contributed by atoms with Crippen LogP contribution in [0.5, 0.6) is 0 Å². The molecule has 0 atom stereocenters. The smallest absolute Gasteiger partial charge is 0.162 e. The lowest BCUT2D eigenvalue weighted by molar-refractivity contribution is 0.510. The number of halogens is 3. The Hall–Kier alpha value is -1.72. The lowest BCUT2D eigenvalue weighted by Gasteiger charge is -2.08. The first-order chi connectivity index (χ1) is 10.1. The third-order valence-electron chi connectivity index (χ3n) is 3.04. The summed E-state index contributed by atoms with van der Waals surface area (Å²) in [6.45, 7) is 0. The Morgan fingerprint density at radius 1 is 1.05 bits per heavy atom. The van der Waals surface area contributed by atoms with E-state index in [4.69, 9.17) is 11.6 Å². The molecular weight excluding hydrogens is 314 g/mol. The summed E-state index contributed by atoms with van der Waals surface area (Å²) < 4.78 is 26.7. The van der Waals surface area contributed by atoms with Gasteiger partial charge in [0.2, 0.25) is 0 Å². The number of benzene rings is 2. The van der Waals surface area contributed by atoms with Crippen molar-refractivity contribution in [2.75, 3.05) is 6.26 Å².